The van der Waals surface area contributed by atoms with E-state index in [1.54, 1.807) is 9.47 Å². The third-order valence-corrected chi connectivity index (χ3v) is 7.00. The number of likely N-dealkylation sites (N-methyl/N-ethyl adjacent to an activating group) is 1. The SMILES string of the molecule is CC(C)CC1CC(=O)N(Cc2ccc(N3CCN(C)CC3)cc2)c2nc3ccccc3c(=O)n21. The van der Waals surface area contributed by atoms with Crippen LogP contribution < -0.4 is 15.4 Å². The topological polar surface area (TPSA) is 61.7 Å². The molecule has 0 N–H and O–H groups in total. The van der Waals surface area contributed by atoms with Crippen molar-refractivity contribution in [2.45, 2.75) is 39.3 Å². The molecule has 7 nitrogen and oxygen atoms in total. The van der Waals surface area contributed by atoms with Crippen molar-refractivity contribution in [2.75, 3.05) is 43.0 Å². The fourth-order valence-electron chi connectivity index (χ4n) is 5.12. The molecule has 0 saturated carbocycles. The first-order chi connectivity index (χ1) is 16.4. The highest BCUT2D eigenvalue weighted by atomic mass is 16.2. The average molecular weight is 460 g/mol. The van der Waals surface area contributed by atoms with Crippen molar-refractivity contribution in [1.82, 2.24) is 14.5 Å². The summed E-state index contributed by atoms with van der Waals surface area (Å²) in [6.45, 7) is 8.81. The van der Waals surface area contributed by atoms with Crippen LogP contribution in [0.5, 0.6) is 0 Å². The number of carbonyl (C=O) groups excluding carboxylic acids is 1. The summed E-state index contributed by atoms with van der Waals surface area (Å²) >= 11 is 0. The average Bonchev–Trinajstić information content (AvgIpc) is 2.82. The van der Waals surface area contributed by atoms with Crippen LogP contribution in [0.15, 0.2) is 53.3 Å². The fraction of sp³-hybridized carbons (Fsp3) is 0.444. The maximum atomic E-state index is 13.5. The first-order valence-electron chi connectivity index (χ1n) is 12.2. The number of nitrogens with zero attached hydrogens (tertiary/aromatic N) is 5. The maximum absolute atomic E-state index is 13.5. The molecule has 1 fully saturated rings. The van der Waals surface area contributed by atoms with Gasteiger partial charge in [-0.1, -0.05) is 38.1 Å². The van der Waals surface area contributed by atoms with E-state index in [0.29, 0.717) is 35.7 Å². The van der Waals surface area contributed by atoms with E-state index in [1.165, 1.54) is 5.69 Å². The third kappa shape index (κ3) is 4.32. The van der Waals surface area contributed by atoms with Crippen molar-refractivity contribution in [1.29, 1.82) is 0 Å². The predicted octanol–water partition coefficient (Wildman–Crippen LogP) is 3.67. The standard InChI is InChI=1S/C27H33N5O2/c1-19(2)16-22-17-25(33)31(27-28-24-7-5-4-6-23(24)26(34)32(22)27)18-20-8-10-21(11-9-20)30-14-12-29(3)13-15-30/h4-11,19,22H,12-18H2,1-3H3. The summed E-state index contributed by atoms with van der Waals surface area (Å²) in [7, 11) is 2.15. The second-order valence-corrected chi connectivity index (χ2v) is 10.0. The lowest BCUT2D eigenvalue weighted by atomic mass is 9.98. The molecule has 0 aliphatic carbocycles. The van der Waals surface area contributed by atoms with E-state index < -0.39 is 0 Å². The number of para-hydroxylation sites is 1. The van der Waals surface area contributed by atoms with Gasteiger partial charge < -0.3 is 9.80 Å². The Balaban J connectivity index is 1.47. The molecule has 2 aliphatic rings. The van der Waals surface area contributed by atoms with E-state index in [9.17, 15) is 9.59 Å². The molecule has 34 heavy (non-hydrogen) atoms. The Morgan fingerprint density at radius 2 is 1.68 bits per heavy atom. The van der Waals surface area contributed by atoms with Crippen LogP contribution in [0, 0.1) is 5.92 Å². The first-order valence-corrected chi connectivity index (χ1v) is 12.2. The zero-order chi connectivity index (χ0) is 23.8. The molecule has 1 amide bonds. The second-order valence-electron chi connectivity index (χ2n) is 10.0. The number of rotatable bonds is 5. The van der Waals surface area contributed by atoms with E-state index >= 15 is 0 Å². The van der Waals surface area contributed by atoms with Crippen molar-refractivity contribution >= 4 is 28.4 Å². The third-order valence-electron chi connectivity index (χ3n) is 7.00. The number of aromatic nitrogens is 2. The largest absolute Gasteiger partial charge is 0.369 e. The van der Waals surface area contributed by atoms with E-state index in [4.69, 9.17) is 4.98 Å². The van der Waals surface area contributed by atoms with Crippen LogP contribution in [0.25, 0.3) is 10.9 Å². The van der Waals surface area contributed by atoms with Crippen LogP contribution in [0.4, 0.5) is 11.6 Å². The smallest absolute Gasteiger partial charge is 0.263 e. The van der Waals surface area contributed by atoms with Crippen molar-refractivity contribution in [3.63, 3.8) is 0 Å². The van der Waals surface area contributed by atoms with E-state index in [0.717, 1.165) is 38.2 Å². The number of hydrogen-bond donors (Lipinski definition) is 0. The fourth-order valence-corrected chi connectivity index (χ4v) is 5.12. The van der Waals surface area contributed by atoms with Gasteiger partial charge in [-0.25, -0.2) is 4.98 Å². The van der Waals surface area contributed by atoms with Crippen LogP contribution in [-0.2, 0) is 11.3 Å². The van der Waals surface area contributed by atoms with Gasteiger partial charge in [-0.15, -0.1) is 0 Å². The Labute approximate surface area is 200 Å². The highest BCUT2D eigenvalue weighted by molar-refractivity contribution is 5.94. The Bertz CT molecular complexity index is 1240. The van der Waals surface area contributed by atoms with Gasteiger partial charge in [0.15, 0.2) is 0 Å². The summed E-state index contributed by atoms with van der Waals surface area (Å²) in [5, 5.41) is 0.603. The van der Waals surface area contributed by atoms with E-state index in [-0.39, 0.29) is 17.5 Å². The number of amides is 1. The molecule has 178 valence electrons. The van der Waals surface area contributed by atoms with Crippen LogP contribution in [0.3, 0.4) is 0 Å². The lowest BCUT2D eigenvalue weighted by Crippen LogP contribution is -2.45. The molecule has 1 atom stereocenters. The van der Waals surface area contributed by atoms with Gasteiger partial charge >= 0.3 is 0 Å². The zero-order valence-corrected chi connectivity index (χ0v) is 20.3. The molecule has 0 radical (unpaired) electrons. The van der Waals surface area contributed by atoms with Crippen LogP contribution in [0.2, 0.25) is 0 Å². The van der Waals surface area contributed by atoms with Gasteiger partial charge in [0.05, 0.1) is 17.4 Å². The number of piperazine rings is 1. The van der Waals surface area contributed by atoms with Crippen LogP contribution in [-0.4, -0.2) is 53.6 Å². The zero-order valence-electron chi connectivity index (χ0n) is 20.3. The second kappa shape index (κ2) is 9.22. The van der Waals surface area contributed by atoms with Crippen molar-refractivity contribution < 1.29 is 4.79 Å². The maximum Gasteiger partial charge on any atom is 0.263 e. The molecule has 3 aromatic rings. The van der Waals surface area contributed by atoms with Crippen molar-refractivity contribution in [3.8, 4) is 0 Å². The molecule has 5 rings (SSSR count). The van der Waals surface area contributed by atoms with E-state index in [2.05, 4.69) is 55.0 Å². The van der Waals surface area contributed by atoms with Crippen LogP contribution >= 0.6 is 0 Å². The lowest BCUT2D eigenvalue weighted by Gasteiger charge is -2.35. The first kappa shape index (κ1) is 22.6. The monoisotopic (exact) mass is 459 g/mol. The molecule has 2 aromatic carbocycles. The number of carbonyl (C=O) groups is 1. The van der Waals surface area contributed by atoms with Crippen molar-refractivity contribution in [3.05, 3.63) is 64.4 Å². The molecule has 7 heteroatoms. The van der Waals surface area contributed by atoms with Gasteiger partial charge in [0.2, 0.25) is 11.9 Å². The van der Waals surface area contributed by atoms with Gasteiger partial charge in [-0.3, -0.25) is 19.1 Å². The molecular formula is C27H33N5O2. The van der Waals surface area contributed by atoms with Crippen LogP contribution in [0.1, 0.15) is 38.3 Å². The number of hydrogen-bond acceptors (Lipinski definition) is 5. The number of benzene rings is 2. The van der Waals surface area contributed by atoms with Gasteiger partial charge in [-0.2, -0.15) is 0 Å². The minimum Gasteiger partial charge on any atom is -0.369 e. The molecule has 1 saturated heterocycles. The Hall–Kier alpha value is -3.19. The summed E-state index contributed by atoms with van der Waals surface area (Å²) in [4.78, 5) is 38.0. The van der Waals surface area contributed by atoms with E-state index in [1.807, 2.05) is 24.3 Å². The molecule has 1 unspecified atom stereocenters. The van der Waals surface area contributed by atoms with Gasteiger partial charge in [0.25, 0.3) is 5.56 Å². The summed E-state index contributed by atoms with van der Waals surface area (Å²) in [6.07, 6.45) is 1.09. The highest BCUT2D eigenvalue weighted by Crippen LogP contribution is 2.32. The Morgan fingerprint density at radius 3 is 2.38 bits per heavy atom. The Kier molecular flexibility index (Phi) is 6.13. The van der Waals surface area contributed by atoms with Gasteiger partial charge in [0.1, 0.15) is 0 Å². The quantitative estimate of drug-likeness (QED) is 0.583. The molecule has 1 aromatic heterocycles. The summed E-state index contributed by atoms with van der Waals surface area (Å²) in [5.74, 6) is 0.863. The lowest BCUT2D eigenvalue weighted by molar-refractivity contribution is -0.120. The predicted molar refractivity (Wildman–Crippen MR) is 136 cm³/mol. The van der Waals surface area contributed by atoms with Crippen molar-refractivity contribution in [2.24, 2.45) is 5.92 Å². The molecule has 0 bridgehead atoms. The Morgan fingerprint density at radius 1 is 0.971 bits per heavy atom. The molecular weight excluding hydrogens is 426 g/mol. The summed E-state index contributed by atoms with van der Waals surface area (Å²) in [5.41, 5.74) is 2.81. The molecule has 2 aliphatic heterocycles. The highest BCUT2D eigenvalue weighted by Gasteiger charge is 2.34. The minimum absolute atomic E-state index is 0.0241. The molecule has 3 heterocycles. The number of anilines is 2. The van der Waals surface area contributed by atoms with Gasteiger partial charge in [-0.05, 0) is 49.2 Å². The van der Waals surface area contributed by atoms with Gasteiger partial charge in [0, 0.05) is 44.3 Å². The molecule has 0 spiro atoms. The minimum atomic E-state index is -0.164. The normalized spacial score (nSPS) is 19.2. The summed E-state index contributed by atoms with van der Waals surface area (Å²) < 4.78 is 1.77. The summed E-state index contributed by atoms with van der Waals surface area (Å²) in [6, 6.07) is 15.7. The number of fused-ring (bicyclic) bond motifs is 2.